The van der Waals surface area contributed by atoms with Gasteiger partial charge in [0, 0.05) is 12.1 Å². The van der Waals surface area contributed by atoms with E-state index < -0.39 is 0 Å². The highest BCUT2D eigenvalue weighted by molar-refractivity contribution is 5.78. The first-order valence-corrected chi connectivity index (χ1v) is 7.17. The summed E-state index contributed by atoms with van der Waals surface area (Å²) in [6.07, 6.45) is 3.79. The largest absolute Gasteiger partial charge is 0.370 e. The van der Waals surface area contributed by atoms with Crippen LogP contribution in [0, 0.1) is 5.92 Å². The molecule has 106 valence electrons. The van der Waals surface area contributed by atoms with Crippen molar-refractivity contribution in [1.29, 1.82) is 0 Å². The molecule has 0 aromatic heterocycles. The zero-order valence-electron chi connectivity index (χ0n) is 12.5. The summed E-state index contributed by atoms with van der Waals surface area (Å²) in [7, 11) is 0. The summed E-state index contributed by atoms with van der Waals surface area (Å²) in [5, 5.41) is 3.18. The number of likely N-dealkylation sites (tertiary alicyclic amines) is 1. The first kappa shape index (κ1) is 15.3. The van der Waals surface area contributed by atoms with E-state index in [2.05, 4.69) is 42.9 Å². The Balaban J connectivity index is 2.12. The molecule has 0 saturated carbocycles. The molecule has 1 aliphatic rings. The summed E-state index contributed by atoms with van der Waals surface area (Å²) < 4.78 is 0. The van der Waals surface area contributed by atoms with E-state index in [4.69, 9.17) is 5.73 Å². The summed E-state index contributed by atoms with van der Waals surface area (Å²) in [6.45, 7) is 13.1. The zero-order chi connectivity index (χ0) is 13.6. The minimum atomic E-state index is -0.00338. The van der Waals surface area contributed by atoms with E-state index in [1.165, 1.54) is 25.9 Å². The standard InChI is InChI=1S/C14H30N4/c1-12-6-10-18(11-7-12)9-5-8-16-13(15)17-14(2,3)4/h12H,5-11H2,1-4H3,(H3,15,16,17). The van der Waals surface area contributed by atoms with Crippen LogP contribution in [0.15, 0.2) is 4.99 Å². The number of rotatable bonds is 4. The molecule has 1 heterocycles. The fraction of sp³-hybridized carbons (Fsp3) is 0.929. The molecule has 0 atom stereocenters. The zero-order valence-corrected chi connectivity index (χ0v) is 12.5. The summed E-state index contributed by atoms with van der Waals surface area (Å²) in [4.78, 5) is 6.91. The fourth-order valence-corrected chi connectivity index (χ4v) is 2.20. The Morgan fingerprint density at radius 2 is 1.94 bits per heavy atom. The van der Waals surface area contributed by atoms with Crippen LogP contribution in [0.5, 0.6) is 0 Å². The fourth-order valence-electron chi connectivity index (χ4n) is 2.20. The molecule has 4 heteroatoms. The molecule has 3 N–H and O–H groups in total. The topological polar surface area (TPSA) is 53.6 Å². The number of hydrogen-bond donors (Lipinski definition) is 2. The average Bonchev–Trinajstić information content (AvgIpc) is 2.24. The Kier molecular flexibility index (Phi) is 5.93. The van der Waals surface area contributed by atoms with Gasteiger partial charge in [-0.25, -0.2) is 0 Å². The molecule has 1 aliphatic heterocycles. The summed E-state index contributed by atoms with van der Waals surface area (Å²) in [5.41, 5.74) is 5.82. The molecular weight excluding hydrogens is 224 g/mol. The lowest BCUT2D eigenvalue weighted by Crippen LogP contribution is -2.45. The number of hydrogen-bond acceptors (Lipinski definition) is 2. The van der Waals surface area contributed by atoms with Crippen molar-refractivity contribution < 1.29 is 0 Å². The lowest BCUT2D eigenvalue weighted by Gasteiger charge is -2.29. The molecule has 1 saturated heterocycles. The second-order valence-electron chi connectivity index (χ2n) is 6.52. The maximum absolute atomic E-state index is 5.82. The third kappa shape index (κ3) is 6.84. The molecule has 0 unspecified atom stereocenters. The van der Waals surface area contributed by atoms with Crippen molar-refractivity contribution in [1.82, 2.24) is 10.2 Å². The van der Waals surface area contributed by atoms with Gasteiger partial charge in [-0.2, -0.15) is 0 Å². The van der Waals surface area contributed by atoms with Gasteiger partial charge in [-0.05, 0) is 65.6 Å². The number of nitrogens with zero attached hydrogens (tertiary/aromatic N) is 2. The quantitative estimate of drug-likeness (QED) is 0.457. The predicted octanol–water partition coefficient (Wildman–Crippen LogP) is 1.81. The average molecular weight is 254 g/mol. The van der Waals surface area contributed by atoms with Crippen LogP contribution in [0.1, 0.15) is 47.0 Å². The van der Waals surface area contributed by atoms with Crippen LogP contribution in [0.2, 0.25) is 0 Å². The van der Waals surface area contributed by atoms with Crippen molar-refractivity contribution in [3.63, 3.8) is 0 Å². The first-order valence-electron chi connectivity index (χ1n) is 7.17. The molecule has 0 aliphatic carbocycles. The van der Waals surface area contributed by atoms with Crippen molar-refractivity contribution in [3.8, 4) is 0 Å². The molecule has 0 bridgehead atoms. The van der Waals surface area contributed by atoms with E-state index in [1.54, 1.807) is 0 Å². The van der Waals surface area contributed by atoms with Gasteiger partial charge in [0.2, 0.25) is 0 Å². The molecule has 0 amide bonds. The summed E-state index contributed by atoms with van der Waals surface area (Å²) in [6, 6.07) is 0. The third-order valence-corrected chi connectivity index (χ3v) is 3.29. The van der Waals surface area contributed by atoms with E-state index >= 15 is 0 Å². The van der Waals surface area contributed by atoms with Gasteiger partial charge in [-0.15, -0.1) is 0 Å². The summed E-state index contributed by atoms with van der Waals surface area (Å²) >= 11 is 0. The lowest BCUT2D eigenvalue weighted by molar-refractivity contribution is 0.192. The van der Waals surface area contributed by atoms with Gasteiger partial charge in [-0.3, -0.25) is 4.99 Å². The minimum Gasteiger partial charge on any atom is -0.370 e. The van der Waals surface area contributed by atoms with Gasteiger partial charge in [0.15, 0.2) is 5.96 Å². The molecule has 18 heavy (non-hydrogen) atoms. The summed E-state index contributed by atoms with van der Waals surface area (Å²) in [5.74, 6) is 1.47. The number of nitrogens with two attached hydrogens (primary N) is 1. The lowest BCUT2D eigenvalue weighted by atomic mass is 9.99. The Bertz CT molecular complexity index is 259. The van der Waals surface area contributed by atoms with E-state index in [1.807, 2.05) is 0 Å². The molecule has 4 nitrogen and oxygen atoms in total. The Morgan fingerprint density at radius 3 is 2.50 bits per heavy atom. The molecule has 0 aromatic carbocycles. The number of aliphatic imine (C=N–C) groups is 1. The van der Waals surface area contributed by atoms with Crippen LogP contribution in [-0.2, 0) is 0 Å². The van der Waals surface area contributed by atoms with Crippen molar-refractivity contribution in [3.05, 3.63) is 0 Å². The normalized spacial score (nSPS) is 20.1. The highest BCUT2D eigenvalue weighted by Gasteiger charge is 2.14. The predicted molar refractivity (Wildman–Crippen MR) is 78.8 cm³/mol. The maximum Gasteiger partial charge on any atom is 0.188 e. The van der Waals surface area contributed by atoms with Gasteiger partial charge < -0.3 is 16.0 Å². The van der Waals surface area contributed by atoms with Gasteiger partial charge in [0.1, 0.15) is 0 Å². The van der Waals surface area contributed by atoms with E-state index in [0.717, 1.165) is 25.4 Å². The van der Waals surface area contributed by atoms with Crippen LogP contribution in [0.25, 0.3) is 0 Å². The molecule has 1 fully saturated rings. The van der Waals surface area contributed by atoms with Crippen LogP contribution < -0.4 is 11.1 Å². The molecule has 1 rings (SSSR count). The van der Waals surface area contributed by atoms with Crippen LogP contribution in [0.3, 0.4) is 0 Å². The highest BCUT2D eigenvalue weighted by Crippen LogP contribution is 2.15. The first-order chi connectivity index (χ1) is 8.37. The Labute approximate surface area is 112 Å². The SMILES string of the molecule is CC1CCN(CCCN=C(N)NC(C)(C)C)CC1. The van der Waals surface area contributed by atoms with Crippen LogP contribution in [0.4, 0.5) is 0 Å². The molecular formula is C14H30N4. The van der Waals surface area contributed by atoms with E-state index in [-0.39, 0.29) is 5.54 Å². The van der Waals surface area contributed by atoms with Crippen LogP contribution >= 0.6 is 0 Å². The maximum atomic E-state index is 5.82. The molecule has 0 spiro atoms. The monoisotopic (exact) mass is 254 g/mol. The molecule has 0 radical (unpaired) electrons. The van der Waals surface area contributed by atoms with Gasteiger partial charge in [-0.1, -0.05) is 6.92 Å². The Morgan fingerprint density at radius 1 is 1.33 bits per heavy atom. The minimum absolute atomic E-state index is 0.00338. The highest BCUT2D eigenvalue weighted by atomic mass is 15.1. The number of piperidine rings is 1. The van der Waals surface area contributed by atoms with E-state index in [0.29, 0.717) is 5.96 Å². The van der Waals surface area contributed by atoms with Crippen molar-refractivity contribution in [2.45, 2.75) is 52.5 Å². The van der Waals surface area contributed by atoms with Gasteiger partial charge >= 0.3 is 0 Å². The van der Waals surface area contributed by atoms with Crippen LogP contribution in [-0.4, -0.2) is 42.6 Å². The number of nitrogens with one attached hydrogen (secondary N) is 1. The van der Waals surface area contributed by atoms with Crippen molar-refractivity contribution >= 4 is 5.96 Å². The van der Waals surface area contributed by atoms with E-state index in [9.17, 15) is 0 Å². The smallest absolute Gasteiger partial charge is 0.188 e. The second-order valence-corrected chi connectivity index (χ2v) is 6.52. The number of guanidine groups is 1. The Hall–Kier alpha value is -0.770. The second kappa shape index (κ2) is 6.98. The van der Waals surface area contributed by atoms with Gasteiger partial charge in [0.05, 0.1) is 0 Å². The molecule has 0 aromatic rings. The third-order valence-electron chi connectivity index (χ3n) is 3.29. The van der Waals surface area contributed by atoms with Crippen molar-refractivity contribution in [2.75, 3.05) is 26.2 Å². The van der Waals surface area contributed by atoms with Crippen molar-refractivity contribution in [2.24, 2.45) is 16.6 Å². The van der Waals surface area contributed by atoms with Gasteiger partial charge in [0.25, 0.3) is 0 Å².